The van der Waals surface area contributed by atoms with Gasteiger partial charge in [-0.05, 0) is 31.2 Å². The highest BCUT2D eigenvalue weighted by atomic mass is 35.5. The smallest absolute Gasteiger partial charge is 0.373 e. The van der Waals surface area contributed by atoms with Gasteiger partial charge in [-0.2, -0.15) is 13.2 Å². The van der Waals surface area contributed by atoms with Crippen LogP contribution in [0.3, 0.4) is 0 Å². The molecule has 0 spiro atoms. The minimum Gasteiger partial charge on any atom is -0.373 e. The van der Waals surface area contributed by atoms with Crippen LogP contribution in [0.2, 0.25) is 10.0 Å². The van der Waals surface area contributed by atoms with Gasteiger partial charge in [0.25, 0.3) is 15.9 Å². The second kappa shape index (κ2) is 8.02. The molecule has 2 aromatic rings. The summed E-state index contributed by atoms with van der Waals surface area (Å²) in [6, 6.07) is 10.00. The lowest BCUT2D eigenvalue weighted by Crippen LogP contribution is -2.52. The van der Waals surface area contributed by atoms with Crippen molar-refractivity contribution in [3.8, 4) is 0 Å². The number of aliphatic hydroxyl groups is 1. The molecule has 29 heavy (non-hydrogen) atoms. The quantitative estimate of drug-likeness (QED) is 0.689. The zero-order valence-electron chi connectivity index (χ0n) is 15.0. The minimum atomic E-state index is -5.24. The molecule has 0 bridgehead atoms. The van der Waals surface area contributed by atoms with E-state index in [0.717, 1.165) is 16.4 Å². The van der Waals surface area contributed by atoms with Gasteiger partial charge in [0.2, 0.25) is 5.60 Å². The van der Waals surface area contributed by atoms with E-state index >= 15 is 0 Å². The van der Waals surface area contributed by atoms with Crippen molar-refractivity contribution in [2.24, 2.45) is 0 Å². The van der Waals surface area contributed by atoms with E-state index in [2.05, 4.69) is 0 Å². The molecule has 2 rings (SSSR count). The van der Waals surface area contributed by atoms with E-state index in [9.17, 15) is 31.5 Å². The molecule has 158 valence electrons. The van der Waals surface area contributed by atoms with E-state index in [1.807, 2.05) is 0 Å². The van der Waals surface area contributed by atoms with Gasteiger partial charge in [0, 0.05) is 7.05 Å². The molecule has 2 aromatic carbocycles. The average molecular weight is 471 g/mol. The van der Waals surface area contributed by atoms with Crippen LogP contribution >= 0.6 is 23.2 Å². The van der Waals surface area contributed by atoms with Gasteiger partial charge in [0.1, 0.15) is 4.90 Å². The Kier molecular flexibility index (Phi) is 6.43. The van der Waals surface area contributed by atoms with Crippen molar-refractivity contribution >= 4 is 50.5 Å². The number of halogens is 5. The molecule has 0 saturated heterocycles. The third-order valence-corrected chi connectivity index (χ3v) is 6.87. The standard InChI is InChI=1S/C17H15Cl2F3N2O4S/c1-16(26,17(20,21)22)15(25)23-11-8-9-12(14(19)13(11)18)29(27,28)24(2)10-6-4-3-5-7-10/h3-9,26H,1-2H3,(H,23,25). The molecular formula is C17H15Cl2F3N2O4S. The van der Waals surface area contributed by atoms with Crippen LogP contribution < -0.4 is 9.62 Å². The second-order valence-electron chi connectivity index (χ2n) is 6.07. The van der Waals surface area contributed by atoms with Gasteiger partial charge in [-0.25, -0.2) is 8.42 Å². The van der Waals surface area contributed by atoms with E-state index < -0.39 is 48.3 Å². The number of carbonyl (C=O) groups excluding carboxylic acids is 1. The molecule has 0 heterocycles. The number of alkyl halides is 3. The average Bonchev–Trinajstić information content (AvgIpc) is 2.64. The van der Waals surface area contributed by atoms with Crippen LogP contribution in [-0.4, -0.2) is 38.3 Å². The molecule has 0 aromatic heterocycles. The fourth-order valence-electron chi connectivity index (χ4n) is 2.12. The maximum atomic E-state index is 12.8. The van der Waals surface area contributed by atoms with Gasteiger partial charge in [-0.1, -0.05) is 41.4 Å². The second-order valence-corrected chi connectivity index (χ2v) is 8.77. The predicted octanol–water partition coefficient (Wildman–Crippen LogP) is 4.07. The van der Waals surface area contributed by atoms with E-state index in [-0.39, 0.29) is 6.92 Å². The normalized spacial score (nSPS) is 14.2. The van der Waals surface area contributed by atoms with Crippen molar-refractivity contribution < 1.29 is 31.5 Å². The van der Waals surface area contributed by atoms with Crippen LogP contribution in [0.15, 0.2) is 47.4 Å². The monoisotopic (exact) mass is 470 g/mol. The lowest BCUT2D eigenvalue weighted by atomic mass is 10.1. The Balaban J connectivity index is 2.41. The van der Waals surface area contributed by atoms with Gasteiger partial charge in [-0.15, -0.1) is 0 Å². The maximum absolute atomic E-state index is 12.8. The fraction of sp³-hybridized carbons (Fsp3) is 0.235. The van der Waals surface area contributed by atoms with Crippen molar-refractivity contribution in [2.75, 3.05) is 16.7 Å². The summed E-state index contributed by atoms with van der Waals surface area (Å²) in [6.07, 6.45) is -5.24. The summed E-state index contributed by atoms with van der Waals surface area (Å²) in [5.41, 5.74) is -3.76. The van der Waals surface area contributed by atoms with Gasteiger partial charge in [0.05, 0.1) is 21.4 Å². The zero-order chi connectivity index (χ0) is 22.2. The Morgan fingerprint density at radius 3 is 2.14 bits per heavy atom. The Labute approximate surface area is 174 Å². The fourth-order valence-corrected chi connectivity index (χ4v) is 4.11. The number of hydrogen-bond acceptors (Lipinski definition) is 4. The van der Waals surface area contributed by atoms with Gasteiger partial charge in [-0.3, -0.25) is 9.10 Å². The number of rotatable bonds is 5. The molecule has 1 unspecified atom stereocenters. The van der Waals surface area contributed by atoms with E-state index in [1.54, 1.807) is 35.6 Å². The van der Waals surface area contributed by atoms with Gasteiger partial charge < -0.3 is 10.4 Å². The van der Waals surface area contributed by atoms with Crippen LogP contribution in [0, 0.1) is 0 Å². The predicted molar refractivity (Wildman–Crippen MR) is 104 cm³/mol. The third-order valence-electron chi connectivity index (χ3n) is 4.05. The molecule has 0 saturated carbocycles. The number of anilines is 2. The number of sulfonamides is 1. The zero-order valence-corrected chi connectivity index (χ0v) is 17.3. The summed E-state index contributed by atoms with van der Waals surface area (Å²) >= 11 is 12.0. The Hall–Kier alpha value is -2.01. The number of nitrogens with one attached hydrogen (secondary N) is 1. The van der Waals surface area contributed by atoms with Crippen molar-refractivity contribution in [3.05, 3.63) is 52.5 Å². The first-order valence-electron chi connectivity index (χ1n) is 7.83. The van der Waals surface area contributed by atoms with E-state index in [0.29, 0.717) is 5.69 Å². The number of hydrogen-bond donors (Lipinski definition) is 2. The topological polar surface area (TPSA) is 86.7 Å². The summed E-state index contributed by atoms with van der Waals surface area (Å²) < 4.78 is 65.0. The molecule has 6 nitrogen and oxygen atoms in total. The highest BCUT2D eigenvalue weighted by Crippen LogP contribution is 2.38. The molecule has 1 amide bonds. The van der Waals surface area contributed by atoms with Crippen LogP contribution in [0.5, 0.6) is 0 Å². The van der Waals surface area contributed by atoms with E-state index in [4.69, 9.17) is 23.2 Å². The molecule has 0 aliphatic heterocycles. The Bertz CT molecular complexity index is 1030. The number of benzene rings is 2. The first-order valence-corrected chi connectivity index (χ1v) is 10.0. The van der Waals surface area contributed by atoms with Crippen LogP contribution in [-0.2, 0) is 14.8 Å². The molecule has 0 radical (unpaired) electrons. The minimum absolute atomic E-state index is 0.269. The number of carbonyl (C=O) groups is 1. The van der Waals surface area contributed by atoms with Crippen LogP contribution in [0.25, 0.3) is 0 Å². The largest absolute Gasteiger partial charge is 0.426 e. The SMILES string of the molecule is CN(c1ccccc1)S(=O)(=O)c1ccc(NC(=O)C(C)(O)C(F)(F)F)c(Cl)c1Cl. The summed E-state index contributed by atoms with van der Waals surface area (Å²) in [7, 11) is -2.88. The number of amides is 1. The molecular weight excluding hydrogens is 456 g/mol. The number of nitrogens with zero attached hydrogens (tertiary/aromatic N) is 1. The lowest BCUT2D eigenvalue weighted by Gasteiger charge is -2.25. The summed E-state index contributed by atoms with van der Waals surface area (Å²) in [5, 5.41) is 10.2. The molecule has 0 aliphatic carbocycles. The first-order chi connectivity index (χ1) is 13.2. The van der Waals surface area contributed by atoms with Crippen LogP contribution in [0.1, 0.15) is 6.92 Å². The lowest BCUT2D eigenvalue weighted by molar-refractivity contribution is -0.242. The van der Waals surface area contributed by atoms with Crippen molar-refractivity contribution in [1.29, 1.82) is 0 Å². The summed E-state index contributed by atoms with van der Waals surface area (Å²) in [4.78, 5) is 11.4. The summed E-state index contributed by atoms with van der Waals surface area (Å²) in [6.45, 7) is 0.269. The van der Waals surface area contributed by atoms with Crippen LogP contribution in [0.4, 0.5) is 24.5 Å². The van der Waals surface area contributed by atoms with Crippen molar-refractivity contribution in [2.45, 2.75) is 23.6 Å². The highest BCUT2D eigenvalue weighted by Gasteiger charge is 2.55. The molecule has 0 fully saturated rings. The third kappa shape index (κ3) is 4.45. The molecule has 12 heteroatoms. The molecule has 0 aliphatic rings. The first kappa shape index (κ1) is 23.3. The molecule has 2 N–H and O–H groups in total. The van der Waals surface area contributed by atoms with E-state index in [1.165, 1.54) is 7.05 Å². The Morgan fingerprint density at radius 2 is 1.62 bits per heavy atom. The van der Waals surface area contributed by atoms with Gasteiger partial charge >= 0.3 is 6.18 Å². The maximum Gasteiger partial charge on any atom is 0.426 e. The Morgan fingerprint density at radius 1 is 1.07 bits per heavy atom. The number of para-hydroxylation sites is 1. The van der Waals surface area contributed by atoms with Crippen molar-refractivity contribution in [1.82, 2.24) is 0 Å². The molecule has 1 atom stereocenters. The van der Waals surface area contributed by atoms with Gasteiger partial charge in [0.15, 0.2) is 0 Å². The summed E-state index contributed by atoms with van der Waals surface area (Å²) in [5.74, 6) is -1.81. The highest BCUT2D eigenvalue weighted by molar-refractivity contribution is 7.93. The van der Waals surface area contributed by atoms with Crippen molar-refractivity contribution in [3.63, 3.8) is 0 Å².